The van der Waals surface area contributed by atoms with E-state index in [4.69, 9.17) is 0 Å². The molecule has 3 aromatic rings. The fourth-order valence-electron chi connectivity index (χ4n) is 2.23. The average molecular weight is 279 g/mol. The Morgan fingerprint density at radius 2 is 1.62 bits per heavy atom. The van der Waals surface area contributed by atoms with Crippen LogP contribution in [0, 0.1) is 5.82 Å². The molecule has 0 saturated heterocycles. The number of hydrogen-bond donors (Lipinski definition) is 1. The lowest BCUT2D eigenvalue weighted by Gasteiger charge is -2.06. The lowest BCUT2D eigenvalue weighted by atomic mass is 10.0. The molecule has 3 rings (SSSR count). The van der Waals surface area contributed by atoms with Crippen LogP contribution in [0.4, 0.5) is 10.1 Å². The zero-order valence-corrected chi connectivity index (χ0v) is 11.3. The number of fused-ring (bicyclic) bond motifs is 1. The number of Topliss-reactive ketones (excluding diaryl/α,β-unsaturated/α-hetero) is 1. The van der Waals surface area contributed by atoms with Crippen molar-refractivity contribution in [3.63, 3.8) is 0 Å². The molecule has 0 spiro atoms. The summed E-state index contributed by atoms with van der Waals surface area (Å²) in [5.74, 6) is -0.266. The molecule has 2 nitrogen and oxygen atoms in total. The Morgan fingerprint density at radius 1 is 0.905 bits per heavy atom. The lowest BCUT2D eigenvalue weighted by Crippen LogP contribution is -2.13. The number of carbonyl (C=O) groups excluding carboxylic acids is 1. The summed E-state index contributed by atoms with van der Waals surface area (Å²) in [6.07, 6.45) is 0. The standard InChI is InChI=1S/C18H14FNO/c19-16-9-8-13-10-15(7-6-14(13)11-16)18(21)12-20-17-4-2-1-3-5-17/h1-11,20H,12H2. The quantitative estimate of drug-likeness (QED) is 0.722. The van der Waals surface area contributed by atoms with E-state index < -0.39 is 0 Å². The van der Waals surface area contributed by atoms with Crippen LogP contribution in [0.3, 0.4) is 0 Å². The summed E-state index contributed by atoms with van der Waals surface area (Å²) in [6, 6.07) is 19.4. The first-order valence-electron chi connectivity index (χ1n) is 6.74. The van der Waals surface area contributed by atoms with Gasteiger partial charge in [0.25, 0.3) is 0 Å². The summed E-state index contributed by atoms with van der Waals surface area (Å²) in [6.45, 7) is 0.233. The molecule has 0 aromatic heterocycles. The molecule has 3 aromatic carbocycles. The number of hydrogen-bond acceptors (Lipinski definition) is 2. The molecular weight excluding hydrogens is 265 g/mol. The number of anilines is 1. The SMILES string of the molecule is O=C(CNc1ccccc1)c1ccc2cc(F)ccc2c1. The second-order valence-electron chi connectivity index (χ2n) is 4.85. The molecule has 0 aliphatic heterocycles. The van der Waals surface area contributed by atoms with Crippen molar-refractivity contribution in [2.24, 2.45) is 0 Å². The Bertz CT molecular complexity index is 784. The topological polar surface area (TPSA) is 29.1 Å². The third-order valence-corrected chi connectivity index (χ3v) is 3.35. The summed E-state index contributed by atoms with van der Waals surface area (Å²) < 4.78 is 13.1. The van der Waals surface area contributed by atoms with Gasteiger partial charge in [0.15, 0.2) is 5.78 Å². The van der Waals surface area contributed by atoms with Gasteiger partial charge in [-0.1, -0.05) is 36.4 Å². The summed E-state index contributed by atoms with van der Waals surface area (Å²) in [5.41, 5.74) is 1.53. The van der Waals surface area contributed by atoms with Crippen molar-refractivity contribution in [2.45, 2.75) is 0 Å². The first-order chi connectivity index (χ1) is 10.2. The molecule has 0 fully saturated rings. The molecule has 0 amide bonds. The summed E-state index contributed by atoms with van der Waals surface area (Å²) in [4.78, 5) is 12.2. The van der Waals surface area contributed by atoms with E-state index in [1.807, 2.05) is 30.3 Å². The third kappa shape index (κ3) is 3.08. The molecule has 0 radical (unpaired) electrons. The van der Waals surface area contributed by atoms with Gasteiger partial charge in [-0.2, -0.15) is 0 Å². The van der Waals surface area contributed by atoms with E-state index in [0.717, 1.165) is 16.5 Å². The summed E-state index contributed by atoms with van der Waals surface area (Å²) in [7, 11) is 0. The van der Waals surface area contributed by atoms with E-state index in [9.17, 15) is 9.18 Å². The highest BCUT2D eigenvalue weighted by atomic mass is 19.1. The summed E-state index contributed by atoms with van der Waals surface area (Å²) in [5, 5.41) is 4.75. The average Bonchev–Trinajstić information content (AvgIpc) is 2.53. The smallest absolute Gasteiger partial charge is 0.181 e. The summed E-state index contributed by atoms with van der Waals surface area (Å²) >= 11 is 0. The van der Waals surface area contributed by atoms with Crippen LogP contribution in [-0.2, 0) is 0 Å². The molecular formula is C18H14FNO. The number of rotatable bonds is 4. The minimum absolute atomic E-state index is 0.00470. The first kappa shape index (κ1) is 13.3. The van der Waals surface area contributed by atoms with Crippen molar-refractivity contribution < 1.29 is 9.18 Å². The Hall–Kier alpha value is -2.68. The van der Waals surface area contributed by atoms with Gasteiger partial charge in [0, 0.05) is 11.3 Å². The lowest BCUT2D eigenvalue weighted by molar-refractivity contribution is 0.101. The number of benzene rings is 3. The fraction of sp³-hybridized carbons (Fsp3) is 0.0556. The van der Waals surface area contributed by atoms with Crippen molar-refractivity contribution in [3.05, 3.63) is 78.1 Å². The van der Waals surface area contributed by atoms with E-state index in [1.54, 1.807) is 24.3 Å². The zero-order chi connectivity index (χ0) is 14.7. The van der Waals surface area contributed by atoms with E-state index >= 15 is 0 Å². The molecule has 21 heavy (non-hydrogen) atoms. The van der Waals surface area contributed by atoms with Gasteiger partial charge in [0.2, 0.25) is 0 Å². The van der Waals surface area contributed by atoms with Crippen molar-refractivity contribution >= 4 is 22.2 Å². The van der Waals surface area contributed by atoms with Gasteiger partial charge in [-0.3, -0.25) is 4.79 Å². The van der Waals surface area contributed by atoms with Gasteiger partial charge in [-0.25, -0.2) is 4.39 Å². The highest BCUT2D eigenvalue weighted by Crippen LogP contribution is 2.18. The number of carbonyl (C=O) groups is 1. The number of halogens is 1. The van der Waals surface area contributed by atoms with Crippen molar-refractivity contribution in [1.29, 1.82) is 0 Å². The molecule has 0 unspecified atom stereocenters. The molecule has 0 bridgehead atoms. The van der Waals surface area contributed by atoms with Gasteiger partial charge in [0.1, 0.15) is 5.82 Å². The molecule has 0 saturated carbocycles. The van der Waals surface area contributed by atoms with E-state index in [0.29, 0.717) is 5.56 Å². The molecule has 0 aliphatic rings. The maximum Gasteiger partial charge on any atom is 0.181 e. The Morgan fingerprint density at radius 3 is 2.43 bits per heavy atom. The normalized spacial score (nSPS) is 10.5. The first-order valence-corrected chi connectivity index (χ1v) is 6.74. The largest absolute Gasteiger partial charge is 0.378 e. The number of para-hydroxylation sites is 1. The second-order valence-corrected chi connectivity index (χ2v) is 4.85. The van der Waals surface area contributed by atoms with Crippen LogP contribution in [0.15, 0.2) is 66.7 Å². The number of nitrogens with one attached hydrogen (secondary N) is 1. The van der Waals surface area contributed by atoms with Crippen LogP contribution >= 0.6 is 0 Å². The minimum atomic E-state index is -0.271. The monoisotopic (exact) mass is 279 g/mol. The van der Waals surface area contributed by atoms with Gasteiger partial charge < -0.3 is 5.32 Å². The highest BCUT2D eigenvalue weighted by Gasteiger charge is 2.07. The number of ketones is 1. The maximum absolute atomic E-state index is 13.1. The van der Waals surface area contributed by atoms with Crippen LogP contribution in [-0.4, -0.2) is 12.3 Å². The van der Waals surface area contributed by atoms with E-state index in [2.05, 4.69) is 5.32 Å². The predicted molar refractivity (Wildman–Crippen MR) is 83.2 cm³/mol. The maximum atomic E-state index is 13.1. The van der Waals surface area contributed by atoms with Crippen molar-refractivity contribution in [1.82, 2.24) is 0 Å². The Labute approximate surface area is 122 Å². The molecule has 1 N–H and O–H groups in total. The van der Waals surface area contributed by atoms with Crippen LogP contribution in [0.2, 0.25) is 0 Å². The zero-order valence-electron chi connectivity index (χ0n) is 11.3. The predicted octanol–water partition coefficient (Wildman–Crippen LogP) is 4.27. The van der Waals surface area contributed by atoms with Gasteiger partial charge >= 0.3 is 0 Å². The Balaban J connectivity index is 1.77. The van der Waals surface area contributed by atoms with Crippen LogP contribution in [0.25, 0.3) is 10.8 Å². The van der Waals surface area contributed by atoms with E-state index in [-0.39, 0.29) is 18.1 Å². The molecule has 3 heteroatoms. The minimum Gasteiger partial charge on any atom is -0.378 e. The molecule has 0 heterocycles. The van der Waals surface area contributed by atoms with Crippen LogP contribution in [0.1, 0.15) is 10.4 Å². The van der Waals surface area contributed by atoms with Crippen LogP contribution in [0.5, 0.6) is 0 Å². The Kier molecular flexibility index (Phi) is 3.65. The molecule has 0 atom stereocenters. The third-order valence-electron chi connectivity index (χ3n) is 3.35. The molecule has 0 aliphatic carbocycles. The van der Waals surface area contributed by atoms with Crippen LogP contribution < -0.4 is 5.32 Å². The van der Waals surface area contributed by atoms with Gasteiger partial charge in [0.05, 0.1) is 6.54 Å². The fourth-order valence-corrected chi connectivity index (χ4v) is 2.23. The van der Waals surface area contributed by atoms with Gasteiger partial charge in [-0.05, 0) is 41.1 Å². The highest BCUT2D eigenvalue weighted by molar-refractivity contribution is 6.02. The second kappa shape index (κ2) is 5.75. The van der Waals surface area contributed by atoms with Gasteiger partial charge in [-0.15, -0.1) is 0 Å². The van der Waals surface area contributed by atoms with E-state index in [1.165, 1.54) is 12.1 Å². The van der Waals surface area contributed by atoms with Crippen molar-refractivity contribution in [3.8, 4) is 0 Å². The molecule has 104 valence electrons. The van der Waals surface area contributed by atoms with Crippen molar-refractivity contribution in [2.75, 3.05) is 11.9 Å².